The Hall–Kier alpha value is -2.86. The number of carbonyl (C=O) groups is 1. The van der Waals surface area contributed by atoms with Gasteiger partial charge >= 0.3 is 0 Å². The van der Waals surface area contributed by atoms with Crippen LogP contribution < -0.4 is 11.3 Å². The van der Waals surface area contributed by atoms with Crippen LogP contribution in [0.3, 0.4) is 0 Å². The number of hydrogen-bond acceptors (Lipinski definition) is 3. The maximum absolute atomic E-state index is 13.1. The number of piperidine rings is 1. The Morgan fingerprint density at radius 3 is 2.89 bits per heavy atom. The van der Waals surface area contributed by atoms with Gasteiger partial charge in [0.25, 0.3) is 5.56 Å². The molecule has 5 rings (SSSR count). The van der Waals surface area contributed by atoms with E-state index < -0.39 is 6.04 Å². The number of nitrogens with two attached hydrogens (primary N) is 1. The summed E-state index contributed by atoms with van der Waals surface area (Å²) in [6.45, 7) is 2.00. The molecule has 2 bridgehead atoms. The van der Waals surface area contributed by atoms with Crippen LogP contribution in [0.25, 0.3) is 10.9 Å². The molecule has 1 aromatic carbocycles. The number of carbonyl (C=O) groups excluding carboxylic acids is 1. The van der Waals surface area contributed by atoms with Crippen LogP contribution in [0.1, 0.15) is 23.6 Å². The van der Waals surface area contributed by atoms with Gasteiger partial charge in [-0.1, -0.05) is 24.3 Å². The summed E-state index contributed by atoms with van der Waals surface area (Å²) < 4.78 is 1.88. The van der Waals surface area contributed by atoms with E-state index in [2.05, 4.69) is 11.1 Å². The summed E-state index contributed by atoms with van der Waals surface area (Å²) in [6, 6.07) is 13.0. The number of H-pyrrole nitrogens is 1. The van der Waals surface area contributed by atoms with Gasteiger partial charge in [-0.3, -0.25) is 9.59 Å². The number of nitrogens with one attached hydrogen (secondary N) is 1. The van der Waals surface area contributed by atoms with Crippen molar-refractivity contribution in [1.82, 2.24) is 14.5 Å². The number of fused-ring (bicyclic) bond motifs is 5. The van der Waals surface area contributed by atoms with E-state index in [1.165, 1.54) is 0 Å². The number of benzene rings is 1. The first-order valence-electron chi connectivity index (χ1n) is 9.89. The number of para-hydroxylation sites is 1. The molecule has 0 radical (unpaired) electrons. The van der Waals surface area contributed by atoms with Crippen molar-refractivity contribution in [3.63, 3.8) is 0 Å². The van der Waals surface area contributed by atoms with Gasteiger partial charge in [0, 0.05) is 54.4 Å². The molecule has 4 heterocycles. The Morgan fingerprint density at radius 1 is 1.14 bits per heavy atom. The van der Waals surface area contributed by atoms with Crippen molar-refractivity contribution in [3.8, 4) is 0 Å². The largest absolute Gasteiger partial charge is 0.361 e. The van der Waals surface area contributed by atoms with Gasteiger partial charge in [0.1, 0.15) is 0 Å². The third-order valence-electron chi connectivity index (χ3n) is 6.22. The minimum absolute atomic E-state index is 0.00621. The SMILES string of the molecule is N[C@@H](Cc1c[nH]c2ccccc12)C(=O)N1C[C@H]2C[C@@H](C1)c1cccc(=O)n1C2. The Labute approximate surface area is 163 Å². The van der Waals surface area contributed by atoms with Crippen LogP contribution in [-0.2, 0) is 17.8 Å². The summed E-state index contributed by atoms with van der Waals surface area (Å²) in [4.78, 5) is 30.4. The van der Waals surface area contributed by atoms with Crippen LogP contribution >= 0.6 is 0 Å². The van der Waals surface area contributed by atoms with Gasteiger partial charge in [0.15, 0.2) is 0 Å². The molecule has 6 heteroatoms. The molecule has 2 aromatic heterocycles. The molecule has 0 spiro atoms. The molecular formula is C22H24N4O2. The Kier molecular flexibility index (Phi) is 4.09. The second-order valence-electron chi connectivity index (χ2n) is 8.11. The predicted octanol–water partition coefficient (Wildman–Crippen LogP) is 1.85. The molecule has 0 saturated carbocycles. The van der Waals surface area contributed by atoms with Gasteiger partial charge in [-0.15, -0.1) is 0 Å². The average Bonchev–Trinajstić information content (AvgIpc) is 3.11. The van der Waals surface area contributed by atoms with E-state index in [1.807, 2.05) is 46.0 Å². The zero-order chi connectivity index (χ0) is 19.3. The molecule has 1 amide bonds. The number of aromatic amines is 1. The van der Waals surface area contributed by atoms with E-state index in [9.17, 15) is 9.59 Å². The maximum atomic E-state index is 13.1. The predicted molar refractivity (Wildman–Crippen MR) is 108 cm³/mol. The number of likely N-dealkylation sites (tertiary alicyclic amines) is 1. The smallest absolute Gasteiger partial charge is 0.250 e. The normalized spacial score (nSPS) is 22.1. The molecule has 144 valence electrons. The highest BCUT2D eigenvalue weighted by molar-refractivity contribution is 5.86. The lowest BCUT2D eigenvalue weighted by Crippen LogP contribution is -2.53. The van der Waals surface area contributed by atoms with E-state index in [0.29, 0.717) is 32.0 Å². The highest BCUT2D eigenvalue weighted by Gasteiger charge is 2.37. The van der Waals surface area contributed by atoms with Crippen molar-refractivity contribution in [1.29, 1.82) is 0 Å². The quantitative estimate of drug-likeness (QED) is 0.732. The third-order valence-corrected chi connectivity index (χ3v) is 6.22. The molecular weight excluding hydrogens is 352 g/mol. The molecule has 1 fully saturated rings. The van der Waals surface area contributed by atoms with Gasteiger partial charge in [-0.05, 0) is 36.5 Å². The Balaban J connectivity index is 1.34. The van der Waals surface area contributed by atoms with Gasteiger partial charge in [-0.25, -0.2) is 0 Å². The number of nitrogens with zero attached hydrogens (tertiary/aromatic N) is 2. The molecule has 6 nitrogen and oxygen atoms in total. The molecule has 2 aliphatic rings. The van der Waals surface area contributed by atoms with Crippen LogP contribution in [-0.4, -0.2) is 39.5 Å². The molecule has 28 heavy (non-hydrogen) atoms. The zero-order valence-electron chi connectivity index (χ0n) is 15.7. The van der Waals surface area contributed by atoms with Crippen molar-refractivity contribution in [2.45, 2.75) is 31.3 Å². The van der Waals surface area contributed by atoms with Gasteiger partial charge < -0.3 is 20.2 Å². The van der Waals surface area contributed by atoms with Crippen molar-refractivity contribution in [3.05, 3.63) is 70.3 Å². The topological polar surface area (TPSA) is 84.1 Å². The average molecular weight is 376 g/mol. The van der Waals surface area contributed by atoms with Crippen LogP contribution in [0, 0.1) is 5.92 Å². The molecule has 3 atom stereocenters. The van der Waals surface area contributed by atoms with Crippen molar-refractivity contribution in [2.75, 3.05) is 13.1 Å². The summed E-state index contributed by atoms with van der Waals surface area (Å²) in [5.41, 5.74) is 9.58. The minimum Gasteiger partial charge on any atom is -0.361 e. The fourth-order valence-corrected chi connectivity index (χ4v) is 4.94. The second kappa shape index (κ2) is 6.63. The first-order valence-corrected chi connectivity index (χ1v) is 9.89. The first-order chi connectivity index (χ1) is 13.6. The number of amides is 1. The number of aromatic nitrogens is 2. The summed E-state index contributed by atoms with van der Waals surface area (Å²) in [5.74, 6) is 0.535. The van der Waals surface area contributed by atoms with Gasteiger partial charge in [0.2, 0.25) is 5.91 Å². The Morgan fingerprint density at radius 2 is 2.00 bits per heavy atom. The van der Waals surface area contributed by atoms with E-state index in [1.54, 1.807) is 6.07 Å². The molecule has 1 saturated heterocycles. The molecule has 3 aromatic rings. The van der Waals surface area contributed by atoms with Gasteiger partial charge in [0.05, 0.1) is 6.04 Å². The van der Waals surface area contributed by atoms with Crippen LogP contribution in [0.4, 0.5) is 0 Å². The first kappa shape index (κ1) is 17.3. The number of rotatable bonds is 3. The summed E-state index contributed by atoms with van der Waals surface area (Å²) in [7, 11) is 0. The highest BCUT2D eigenvalue weighted by atomic mass is 16.2. The van der Waals surface area contributed by atoms with Crippen LogP contribution in [0.5, 0.6) is 0 Å². The Bertz CT molecular complexity index is 1100. The van der Waals surface area contributed by atoms with Crippen molar-refractivity contribution in [2.24, 2.45) is 11.7 Å². The zero-order valence-corrected chi connectivity index (χ0v) is 15.7. The molecule has 0 aliphatic carbocycles. The maximum Gasteiger partial charge on any atom is 0.250 e. The molecule has 0 unspecified atom stereocenters. The standard InChI is InChI=1S/C22H24N4O2/c23-18(9-15-10-24-19-5-2-1-4-17(15)19)22(28)25-11-14-8-16(13-25)20-6-3-7-21(27)26(20)12-14/h1-7,10,14,16,18,24H,8-9,11-13,23H2/t14-,16+,18+/m1/s1. The van der Waals surface area contributed by atoms with E-state index in [4.69, 9.17) is 5.73 Å². The monoisotopic (exact) mass is 376 g/mol. The number of hydrogen-bond donors (Lipinski definition) is 2. The van der Waals surface area contributed by atoms with Gasteiger partial charge in [-0.2, -0.15) is 0 Å². The van der Waals surface area contributed by atoms with Crippen LogP contribution in [0.2, 0.25) is 0 Å². The highest BCUT2D eigenvalue weighted by Crippen LogP contribution is 2.35. The summed E-state index contributed by atoms with van der Waals surface area (Å²) in [6.07, 6.45) is 3.50. The fraction of sp³-hybridized carbons (Fsp3) is 0.364. The minimum atomic E-state index is -0.559. The lowest BCUT2D eigenvalue weighted by atomic mass is 9.83. The molecule has 2 aliphatic heterocycles. The number of pyridine rings is 1. The van der Waals surface area contributed by atoms with Crippen LogP contribution in [0.15, 0.2) is 53.5 Å². The van der Waals surface area contributed by atoms with Crippen molar-refractivity contribution >= 4 is 16.8 Å². The fourth-order valence-electron chi connectivity index (χ4n) is 4.94. The van der Waals surface area contributed by atoms with E-state index in [0.717, 1.165) is 28.6 Å². The summed E-state index contributed by atoms with van der Waals surface area (Å²) in [5, 5.41) is 1.12. The second-order valence-corrected chi connectivity index (χ2v) is 8.11. The lowest BCUT2D eigenvalue weighted by molar-refractivity contribution is -0.135. The lowest BCUT2D eigenvalue weighted by Gasteiger charge is -2.43. The van der Waals surface area contributed by atoms with E-state index in [-0.39, 0.29) is 17.4 Å². The third kappa shape index (κ3) is 2.85. The molecule has 3 N–H and O–H groups in total. The van der Waals surface area contributed by atoms with E-state index >= 15 is 0 Å². The summed E-state index contributed by atoms with van der Waals surface area (Å²) >= 11 is 0. The van der Waals surface area contributed by atoms with Crippen molar-refractivity contribution < 1.29 is 4.79 Å².